The molecule has 1 N–H and O–H groups in total. The number of hydrogen-bond donors (Lipinski definition) is 1. The van der Waals surface area contributed by atoms with Gasteiger partial charge in [0.25, 0.3) is 5.91 Å². The maximum Gasteiger partial charge on any atom is 0.251 e. The van der Waals surface area contributed by atoms with E-state index in [2.05, 4.69) is 10.5 Å². The lowest BCUT2D eigenvalue weighted by Gasteiger charge is -2.14. The number of amides is 1. The van der Waals surface area contributed by atoms with Crippen LogP contribution in [0.5, 0.6) is 5.75 Å². The third kappa shape index (κ3) is 4.11. The van der Waals surface area contributed by atoms with Crippen molar-refractivity contribution in [1.29, 1.82) is 0 Å². The Morgan fingerprint density at radius 2 is 1.81 bits per heavy atom. The first-order valence-electron chi connectivity index (χ1n) is 8.55. The first kappa shape index (κ1) is 17.7. The molecule has 3 rings (SSSR count). The minimum absolute atomic E-state index is 0.0563. The van der Waals surface area contributed by atoms with Crippen LogP contribution in [0, 0.1) is 13.8 Å². The molecule has 0 fully saturated rings. The van der Waals surface area contributed by atoms with Crippen LogP contribution in [0.15, 0.2) is 59.1 Å². The minimum Gasteiger partial charge on any atom is -0.489 e. The summed E-state index contributed by atoms with van der Waals surface area (Å²) in [6, 6.07) is 16.9. The monoisotopic (exact) mass is 350 g/mol. The molecule has 1 heterocycles. The van der Waals surface area contributed by atoms with E-state index in [4.69, 9.17) is 9.26 Å². The number of rotatable bonds is 6. The Hall–Kier alpha value is -3.08. The molecule has 0 saturated carbocycles. The Morgan fingerprint density at radius 1 is 1.12 bits per heavy atom. The summed E-state index contributed by atoms with van der Waals surface area (Å²) >= 11 is 0. The number of benzene rings is 2. The Kier molecular flexibility index (Phi) is 5.37. The van der Waals surface area contributed by atoms with Crippen molar-refractivity contribution in [2.45, 2.75) is 33.4 Å². The fourth-order valence-electron chi connectivity index (χ4n) is 2.67. The van der Waals surface area contributed by atoms with Crippen molar-refractivity contribution in [2.24, 2.45) is 0 Å². The van der Waals surface area contributed by atoms with Crippen LogP contribution in [0.2, 0.25) is 0 Å². The normalized spacial score (nSPS) is 11.8. The second kappa shape index (κ2) is 7.87. The number of nitrogens with zero attached hydrogens (tertiary/aromatic N) is 1. The molecule has 0 aliphatic rings. The van der Waals surface area contributed by atoms with Gasteiger partial charge >= 0.3 is 0 Å². The second-order valence-electron chi connectivity index (χ2n) is 6.22. The molecule has 0 spiro atoms. The molecule has 3 aromatic rings. The van der Waals surface area contributed by atoms with E-state index in [1.165, 1.54) is 0 Å². The predicted molar refractivity (Wildman–Crippen MR) is 99.1 cm³/mol. The van der Waals surface area contributed by atoms with E-state index in [0.29, 0.717) is 17.9 Å². The maximum atomic E-state index is 12.4. The van der Waals surface area contributed by atoms with Gasteiger partial charge in [0.05, 0.1) is 17.3 Å². The van der Waals surface area contributed by atoms with Gasteiger partial charge in [0.15, 0.2) is 0 Å². The molecule has 0 unspecified atom stereocenters. The van der Waals surface area contributed by atoms with E-state index in [9.17, 15) is 4.79 Å². The van der Waals surface area contributed by atoms with E-state index >= 15 is 0 Å². The van der Waals surface area contributed by atoms with Gasteiger partial charge in [-0.2, -0.15) is 0 Å². The van der Waals surface area contributed by atoms with E-state index in [1.54, 1.807) is 24.3 Å². The van der Waals surface area contributed by atoms with Gasteiger partial charge in [-0.05, 0) is 50.6 Å². The van der Waals surface area contributed by atoms with Gasteiger partial charge in [0.2, 0.25) is 0 Å². The molecule has 5 heteroatoms. The molecule has 0 radical (unpaired) electrons. The number of carbonyl (C=O) groups excluding carboxylic acids is 1. The lowest BCUT2D eigenvalue weighted by molar-refractivity contribution is 0.0940. The van der Waals surface area contributed by atoms with Crippen LogP contribution in [-0.2, 0) is 6.61 Å². The Balaban J connectivity index is 1.59. The van der Waals surface area contributed by atoms with Gasteiger partial charge in [-0.1, -0.05) is 35.5 Å². The number of carbonyl (C=O) groups is 1. The fourth-order valence-corrected chi connectivity index (χ4v) is 2.67. The zero-order chi connectivity index (χ0) is 18.5. The smallest absolute Gasteiger partial charge is 0.251 e. The topological polar surface area (TPSA) is 64.4 Å². The van der Waals surface area contributed by atoms with Crippen molar-refractivity contribution < 1.29 is 14.1 Å². The molecule has 134 valence electrons. The first-order chi connectivity index (χ1) is 12.5. The predicted octanol–water partition coefficient (Wildman–Crippen LogP) is 4.36. The standard InChI is InChI=1S/C21H22N2O3/c1-14(17-7-5-4-6-8-17)22-21(24)18-9-11-19(12-10-18)25-13-20-15(2)23-26-16(20)3/h4-12,14H,13H2,1-3H3,(H,22,24)/t14-/m0/s1. The van der Waals surface area contributed by atoms with Crippen molar-refractivity contribution in [3.05, 3.63) is 82.7 Å². The highest BCUT2D eigenvalue weighted by Gasteiger charge is 2.12. The zero-order valence-corrected chi connectivity index (χ0v) is 15.2. The van der Waals surface area contributed by atoms with Gasteiger partial charge in [0, 0.05) is 5.56 Å². The Labute approximate surface area is 153 Å². The van der Waals surface area contributed by atoms with Crippen molar-refractivity contribution in [1.82, 2.24) is 10.5 Å². The highest BCUT2D eigenvalue weighted by Crippen LogP contribution is 2.18. The molecular weight excluding hydrogens is 328 g/mol. The molecule has 1 atom stereocenters. The van der Waals surface area contributed by atoms with Crippen LogP contribution in [0.25, 0.3) is 0 Å². The maximum absolute atomic E-state index is 12.4. The average Bonchev–Trinajstić information content (AvgIpc) is 2.99. The third-order valence-electron chi connectivity index (χ3n) is 4.33. The molecule has 2 aromatic carbocycles. The fraction of sp³-hybridized carbons (Fsp3) is 0.238. The van der Waals surface area contributed by atoms with E-state index in [1.807, 2.05) is 51.1 Å². The summed E-state index contributed by atoms with van der Waals surface area (Å²) in [5.41, 5.74) is 3.44. The van der Waals surface area contributed by atoms with E-state index < -0.39 is 0 Å². The van der Waals surface area contributed by atoms with Gasteiger partial charge in [-0.25, -0.2) is 0 Å². The highest BCUT2D eigenvalue weighted by molar-refractivity contribution is 5.94. The SMILES string of the molecule is Cc1noc(C)c1COc1ccc(C(=O)N[C@@H](C)c2ccccc2)cc1. The summed E-state index contributed by atoms with van der Waals surface area (Å²) in [6.07, 6.45) is 0. The Morgan fingerprint density at radius 3 is 2.42 bits per heavy atom. The van der Waals surface area contributed by atoms with Gasteiger partial charge in [-0.15, -0.1) is 0 Å². The van der Waals surface area contributed by atoms with E-state index in [0.717, 1.165) is 22.6 Å². The van der Waals surface area contributed by atoms with Crippen molar-refractivity contribution in [3.63, 3.8) is 0 Å². The number of aromatic nitrogens is 1. The van der Waals surface area contributed by atoms with Crippen molar-refractivity contribution in [2.75, 3.05) is 0 Å². The second-order valence-corrected chi connectivity index (χ2v) is 6.22. The average molecular weight is 350 g/mol. The van der Waals surface area contributed by atoms with Crippen molar-refractivity contribution in [3.8, 4) is 5.75 Å². The number of hydrogen-bond acceptors (Lipinski definition) is 4. The number of ether oxygens (including phenoxy) is 1. The van der Waals surface area contributed by atoms with Gasteiger partial charge in [0.1, 0.15) is 18.1 Å². The molecule has 26 heavy (non-hydrogen) atoms. The summed E-state index contributed by atoms with van der Waals surface area (Å²) in [7, 11) is 0. The summed E-state index contributed by atoms with van der Waals surface area (Å²) in [5.74, 6) is 1.34. The van der Waals surface area contributed by atoms with Crippen LogP contribution in [0.3, 0.4) is 0 Å². The highest BCUT2D eigenvalue weighted by atomic mass is 16.5. The lowest BCUT2D eigenvalue weighted by Crippen LogP contribution is -2.26. The zero-order valence-electron chi connectivity index (χ0n) is 15.2. The van der Waals surface area contributed by atoms with Crippen LogP contribution >= 0.6 is 0 Å². The molecule has 0 saturated heterocycles. The Bertz CT molecular complexity index is 851. The van der Waals surface area contributed by atoms with Crippen LogP contribution < -0.4 is 10.1 Å². The molecule has 0 aliphatic heterocycles. The number of aryl methyl sites for hydroxylation is 2. The van der Waals surface area contributed by atoms with Crippen LogP contribution in [0.4, 0.5) is 0 Å². The minimum atomic E-state index is -0.112. The molecule has 5 nitrogen and oxygen atoms in total. The van der Waals surface area contributed by atoms with E-state index in [-0.39, 0.29) is 11.9 Å². The largest absolute Gasteiger partial charge is 0.489 e. The molecule has 1 amide bonds. The molecule has 0 aliphatic carbocycles. The molecule has 0 bridgehead atoms. The first-order valence-corrected chi connectivity index (χ1v) is 8.55. The summed E-state index contributed by atoms with van der Waals surface area (Å²) in [5, 5.41) is 6.91. The molecular formula is C21H22N2O3. The van der Waals surface area contributed by atoms with Crippen LogP contribution in [0.1, 0.15) is 45.9 Å². The summed E-state index contributed by atoms with van der Waals surface area (Å²) in [6.45, 7) is 6.10. The van der Waals surface area contributed by atoms with Gasteiger partial charge in [-0.3, -0.25) is 4.79 Å². The quantitative estimate of drug-likeness (QED) is 0.717. The van der Waals surface area contributed by atoms with Crippen LogP contribution in [-0.4, -0.2) is 11.1 Å². The third-order valence-corrected chi connectivity index (χ3v) is 4.33. The summed E-state index contributed by atoms with van der Waals surface area (Å²) < 4.78 is 10.9. The lowest BCUT2D eigenvalue weighted by atomic mass is 10.1. The van der Waals surface area contributed by atoms with Gasteiger partial charge < -0.3 is 14.6 Å². The number of nitrogens with one attached hydrogen (secondary N) is 1. The molecule has 1 aromatic heterocycles. The summed E-state index contributed by atoms with van der Waals surface area (Å²) in [4.78, 5) is 12.4. The van der Waals surface area contributed by atoms with Crippen molar-refractivity contribution >= 4 is 5.91 Å².